The molecule has 88 valence electrons. The van der Waals surface area contributed by atoms with E-state index < -0.39 is 29.5 Å². The number of rotatable bonds is 4. The molecule has 1 aromatic rings. The molecule has 0 saturated carbocycles. The number of benzene rings is 1. The Balaban J connectivity index is 3.20. The SMILES string of the molecule is CC(CC=O)c1cc(C(F)F)cc(F)c1F. The summed E-state index contributed by atoms with van der Waals surface area (Å²) in [6.45, 7) is 1.47. The van der Waals surface area contributed by atoms with Gasteiger partial charge in [0.1, 0.15) is 6.29 Å². The number of hydrogen-bond acceptors (Lipinski definition) is 1. The third kappa shape index (κ3) is 2.59. The molecular formula is C11H10F4O. The standard InChI is InChI=1S/C11H10F4O/c1-6(2-3-16)8-4-7(11(14)15)5-9(12)10(8)13/h3-6,11H,2H2,1H3. The Morgan fingerprint density at radius 1 is 1.31 bits per heavy atom. The summed E-state index contributed by atoms with van der Waals surface area (Å²) < 4.78 is 51.0. The Bertz CT molecular complexity index is 390. The molecule has 0 aromatic heterocycles. The smallest absolute Gasteiger partial charge is 0.263 e. The van der Waals surface area contributed by atoms with Crippen molar-refractivity contribution < 1.29 is 22.4 Å². The van der Waals surface area contributed by atoms with Gasteiger partial charge in [0, 0.05) is 12.0 Å². The lowest BCUT2D eigenvalue weighted by Gasteiger charge is -2.12. The fourth-order valence-corrected chi connectivity index (χ4v) is 1.39. The van der Waals surface area contributed by atoms with Crippen LogP contribution in [0.2, 0.25) is 0 Å². The van der Waals surface area contributed by atoms with Crippen molar-refractivity contribution in [2.45, 2.75) is 25.7 Å². The van der Waals surface area contributed by atoms with Crippen molar-refractivity contribution in [3.8, 4) is 0 Å². The van der Waals surface area contributed by atoms with Crippen LogP contribution in [0.25, 0.3) is 0 Å². The van der Waals surface area contributed by atoms with Crippen molar-refractivity contribution in [1.82, 2.24) is 0 Å². The molecule has 1 rings (SSSR count). The molecule has 0 N–H and O–H groups in total. The third-order valence-electron chi connectivity index (χ3n) is 2.31. The highest BCUT2D eigenvalue weighted by atomic mass is 19.3. The maximum absolute atomic E-state index is 13.3. The Labute approximate surface area is 90.1 Å². The zero-order chi connectivity index (χ0) is 12.3. The lowest BCUT2D eigenvalue weighted by atomic mass is 9.96. The first-order valence-electron chi connectivity index (χ1n) is 4.68. The van der Waals surface area contributed by atoms with Crippen LogP contribution < -0.4 is 0 Å². The monoisotopic (exact) mass is 234 g/mol. The third-order valence-corrected chi connectivity index (χ3v) is 2.31. The van der Waals surface area contributed by atoms with Gasteiger partial charge in [-0.2, -0.15) is 0 Å². The normalized spacial score (nSPS) is 12.9. The van der Waals surface area contributed by atoms with Gasteiger partial charge >= 0.3 is 0 Å². The van der Waals surface area contributed by atoms with Gasteiger partial charge in [0.15, 0.2) is 11.6 Å². The van der Waals surface area contributed by atoms with E-state index in [0.717, 1.165) is 6.07 Å². The zero-order valence-electron chi connectivity index (χ0n) is 8.51. The first-order valence-corrected chi connectivity index (χ1v) is 4.68. The largest absolute Gasteiger partial charge is 0.303 e. The Morgan fingerprint density at radius 3 is 2.44 bits per heavy atom. The van der Waals surface area contributed by atoms with Crippen LogP contribution in [0.4, 0.5) is 17.6 Å². The zero-order valence-corrected chi connectivity index (χ0v) is 8.51. The number of alkyl halides is 2. The topological polar surface area (TPSA) is 17.1 Å². The summed E-state index contributed by atoms with van der Waals surface area (Å²) >= 11 is 0. The predicted octanol–water partition coefficient (Wildman–Crippen LogP) is 3.59. The maximum Gasteiger partial charge on any atom is 0.263 e. The van der Waals surface area contributed by atoms with E-state index in [9.17, 15) is 22.4 Å². The lowest BCUT2D eigenvalue weighted by molar-refractivity contribution is -0.108. The highest BCUT2D eigenvalue weighted by Crippen LogP contribution is 2.28. The van der Waals surface area contributed by atoms with Crippen molar-refractivity contribution >= 4 is 6.29 Å². The Hall–Kier alpha value is -1.39. The van der Waals surface area contributed by atoms with Gasteiger partial charge in [-0.3, -0.25) is 0 Å². The van der Waals surface area contributed by atoms with Gasteiger partial charge in [0.2, 0.25) is 0 Å². The van der Waals surface area contributed by atoms with E-state index in [-0.39, 0.29) is 12.0 Å². The van der Waals surface area contributed by atoms with Gasteiger partial charge in [-0.15, -0.1) is 0 Å². The van der Waals surface area contributed by atoms with Crippen molar-refractivity contribution in [2.75, 3.05) is 0 Å². The molecule has 0 spiro atoms. The summed E-state index contributed by atoms with van der Waals surface area (Å²) in [5, 5.41) is 0. The molecule has 0 bridgehead atoms. The van der Waals surface area contributed by atoms with Crippen LogP contribution >= 0.6 is 0 Å². The van der Waals surface area contributed by atoms with Crippen molar-refractivity contribution in [2.24, 2.45) is 0 Å². The van der Waals surface area contributed by atoms with Gasteiger partial charge in [-0.25, -0.2) is 17.6 Å². The van der Waals surface area contributed by atoms with Gasteiger partial charge in [0.25, 0.3) is 6.43 Å². The van der Waals surface area contributed by atoms with E-state index in [1.165, 1.54) is 6.92 Å². The molecule has 16 heavy (non-hydrogen) atoms. The van der Waals surface area contributed by atoms with E-state index in [1.54, 1.807) is 0 Å². The lowest BCUT2D eigenvalue weighted by Crippen LogP contribution is -2.03. The van der Waals surface area contributed by atoms with Crippen LogP contribution in [0, 0.1) is 11.6 Å². The summed E-state index contributed by atoms with van der Waals surface area (Å²) in [4.78, 5) is 10.2. The highest BCUT2D eigenvalue weighted by Gasteiger charge is 2.19. The second-order valence-corrected chi connectivity index (χ2v) is 3.51. The minimum Gasteiger partial charge on any atom is -0.303 e. The molecule has 0 fully saturated rings. The molecule has 5 heteroatoms. The van der Waals surface area contributed by atoms with E-state index in [2.05, 4.69) is 0 Å². The maximum atomic E-state index is 13.3. The van der Waals surface area contributed by atoms with Crippen LogP contribution in [0.3, 0.4) is 0 Å². The average molecular weight is 234 g/mol. The molecule has 0 aliphatic carbocycles. The minimum atomic E-state index is -2.86. The highest BCUT2D eigenvalue weighted by molar-refractivity contribution is 5.51. The quantitative estimate of drug-likeness (QED) is 0.574. The second kappa shape index (κ2) is 5.09. The first-order chi connectivity index (χ1) is 7.47. The van der Waals surface area contributed by atoms with Crippen molar-refractivity contribution in [3.05, 3.63) is 34.9 Å². The van der Waals surface area contributed by atoms with E-state index in [1.807, 2.05) is 0 Å². The molecule has 0 radical (unpaired) electrons. The van der Waals surface area contributed by atoms with Crippen LogP contribution in [0.5, 0.6) is 0 Å². The van der Waals surface area contributed by atoms with Crippen molar-refractivity contribution in [1.29, 1.82) is 0 Å². The average Bonchev–Trinajstić information content (AvgIpc) is 2.21. The molecule has 0 amide bonds. The number of carbonyl (C=O) groups is 1. The van der Waals surface area contributed by atoms with E-state index in [4.69, 9.17) is 0 Å². The van der Waals surface area contributed by atoms with Crippen molar-refractivity contribution in [3.63, 3.8) is 0 Å². The molecule has 0 aliphatic rings. The van der Waals surface area contributed by atoms with Gasteiger partial charge in [0.05, 0.1) is 0 Å². The molecule has 1 unspecified atom stereocenters. The minimum absolute atomic E-state index is 0.0386. The van der Waals surface area contributed by atoms with E-state index >= 15 is 0 Å². The summed E-state index contributed by atoms with van der Waals surface area (Å²) in [6.07, 6.45) is -2.36. The number of carbonyl (C=O) groups excluding carboxylic acids is 1. The van der Waals surface area contributed by atoms with Crippen LogP contribution in [0.15, 0.2) is 12.1 Å². The van der Waals surface area contributed by atoms with E-state index in [0.29, 0.717) is 12.4 Å². The Kier molecular flexibility index (Phi) is 4.04. The molecule has 0 aliphatic heterocycles. The van der Waals surface area contributed by atoms with Crippen LogP contribution in [-0.2, 0) is 4.79 Å². The van der Waals surface area contributed by atoms with Gasteiger partial charge in [-0.05, 0) is 23.6 Å². The fourth-order valence-electron chi connectivity index (χ4n) is 1.39. The van der Waals surface area contributed by atoms with Gasteiger partial charge in [-0.1, -0.05) is 6.92 Å². The fraction of sp³-hybridized carbons (Fsp3) is 0.364. The van der Waals surface area contributed by atoms with Crippen LogP contribution in [-0.4, -0.2) is 6.29 Å². The first kappa shape index (κ1) is 12.7. The van der Waals surface area contributed by atoms with Crippen LogP contribution in [0.1, 0.15) is 36.8 Å². The molecule has 0 heterocycles. The molecule has 0 saturated heterocycles. The second-order valence-electron chi connectivity index (χ2n) is 3.51. The summed E-state index contributed by atoms with van der Waals surface area (Å²) in [5.74, 6) is -3.10. The number of aldehydes is 1. The van der Waals surface area contributed by atoms with Gasteiger partial charge < -0.3 is 4.79 Å². The summed E-state index contributed by atoms with van der Waals surface area (Å²) in [7, 11) is 0. The molecule has 1 aromatic carbocycles. The summed E-state index contributed by atoms with van der Waals surface area (Å²) in [6, 6.07) is 1.37. The Morgan fingerprint density at radius 2 is 1.94 bits per heavy atom. The molecule has 1 nitrogen and oxygen atoms in total. The predicted molar refractivity (Wildman–Crippen MR) is 50.4 cm³/mol. The number of hydrogen-bond donors (Lipinski definition) is 0. The summed E-state index contributed by atoms with van der Waals surface area (Å²) in [5.41, 5.74) is -0.769. The number of halogens is 4. The molecular weight excluding hydrogens is 224 g/mol. The molecule has 1 atom stereocenters.